The molecule has 31 heavy (non-hydrogen) atoms. The predicted octanol–water partition coefficient (Wildman–Crippen LogP) is 2.31. The molecule has 0 amide bonds. The van der Waals surface area contributed by atoms with Crippen molar-refractivity contribution in [3.8, 4) is 0 Å². The highest BCUT2D eigenvalue weighted by Gasteiger charge is 2.22. The zero-order valence-electron chi connectivity index (χ0n) is 17.9. The fraction of sp³-hybridized carbons (Fsp3) is 0.400. The highest BCUT2D eigenvalue weighted by atomic mass is 32.2. The van der Waals surface area contributed by atoms with Crippen molar-refractivity contribution >= 4 is 33.2 Å². The number of anilines is 1. The van der Waals surface area contributed by atoms with Crippen LogP contribution in [0.1, 0.15) is 0 Å². The van der Waals surface area contributed by atoms with Crippen LogP contribution >= 0.6 is 11.8 Å². The van der Waals surface area contributed by atoms with Gasteiger partial charge in [0.1, 0.15) is 5.69 Å². The van der Waals surface area contributed by atoms with Crippen LogP contribution in [0.5, 0.6) is 0 Å². The SMILES string of the molecule is CN(C)CCN(C)C[C@H](CSc1ccccc1)Nc1ccc(S(N)(=O)=O)cc1[N+](=O)[O-]. The minimum Gasteiger partial charge on any atom is -0.375 e. The molecule has 170 valence electrons. The van der Waals surface area contributed by atoms with Gasteiger partial charge in [-0.25, -0.2) is 13.6 Å². The Morgan fingerprint density at radius 1 is 1.13 bits per heavy atom. The molecule has 0 fully saturated rings. The molecule has 9 nitrogen and oxygen atoms in total. The molecule has 0 saturated heterocycles. The third kappa shape index (κ3) is 8.46. The van der Waals surface area contributed by atoms with Gasteiger partial charge in [-0.2, -0.15) is 0 Å². The Morgan fingerprint density at radius 2 is 1.81 bits per heavy atom. The van der Waals surface area contributed by atoms with Gasteiger partial charge in [-0.15, -0.1) is 11.8 Å². The average molecular weight is 468 g/mol. The molecule has 0 radical (unpaired) electrons. The van der Waals surface area contributed by atoms with Crippen molar-refractivity contribution < 1.29 is 13.3 Å². The van der Waals surface area contributed by atoms with E-state index in [0.29, 0.717) is 12.3 Å². The highest BCUT2D eigenvalue weighted by Crippen LogP contribution is 2.29. The Bertz CT molecular complexity index is 971. The van der Waals surface area contributed by atoms with Crippen molar-refractivity contribution in [2.45, 2.75) is 15.8 Å². The Morgan fingerprint density at radius 3 is 2.39 bits per heavy atom. The van der Waals surface area contributed by atoms with Crippen LogP contribution in [-0.2, 0) is 10.0 Å². The van der Waals surface area contributed by atoms with Crippen molar-refractivity contribution in [3.05, 3.63) is 58.6 Å². The molecule has 3 N–H and O–H groups in total. The Balaban J connectivity index is 2.23. The number of nitro groups is 1. The fourth-order valence-electron chi connectivity index (χ4n) is 2.87. The summed E-state index contributed by atoms with van der Waals surface area (Å²) in [6.07, 6.45) is 0. The number of benzene rings is 2. The van der Waals surface area contributed by atoms with Crippen molar-refractivity contribution in [2.24, 2.45) is 5.14 Å². The zero-order chi connectivity index (χ0) is 23.0. The lowest BCUT2D eigenvalue weighted by Gasteiger charge is -2.26. The maximum atomic E-state index is 11.6. The first-order chi connectivity index (χ1) is 14.6. The van der Waals surface area contributed by atoms with Crippen molar-refractivity contribution in [1.29, 1.82) is 0 Å². The molecule has 0 aliphatic rings. The number of nitrogens with one attached hydrogen (secondary N) is 1. The first-order valence-corrected chi connectivity index (χ1v) is 12.2. The molecule has 0 aliphatic carbocycles. The Kier molecular flexibility index (Phi) is 9.26. The third-order valence-corrected chi connectivity index (χ3v) is 6.59. The second-order valence-corrected chi connectivity index (χ2v) is 10.2. The second-order valence-electron chi connectivity index (χ2n) is 7.51. The van der Waals surface area contributed by atoms with Gasteiger partial charge in [0.2, 0.25) is 10.0 Å². The largest absolute Gasteiger partial charge is 0.375 e. The van der Waals surface area contributed by atoms with E-state index < -0.39 is 14.9 Å². The first kappa shape index (κ1) is 25.1. The monoisotopic (exact) mass is 467 g/mol. The normalized spacial score (nSPS) is 12.8. The molecule has 0 heterocycles. The molecule has 2 rings (SSSR count). The van der Waals surface area contributed by atoms with Gasteiger partial charge in [-0.05, 0) is 45.4 Å². The van der Waals surface area contributed by atoms with Crippen LogP contribution < -0.4 is 10.5 Å². The molecule has 1 atom stereocenters. The zero-order valence-corrected chi connectivity index (χ0v) is 19.5. The number of primary sulfonamides is 1. The summed E-state index contributed by atoms with van der Waals surface area (Å²) in [5.41, 5.74) is -0.0609. The van der Waals surface area contributed by atoms with Crippen LogP contribution in [0.3, 0.4) is 0 Å². The number of likely N-dealkylation sites (N-methyl/N-ethyl adjacent to an activating group) is 2. The lowest BCUT2D eigenvalue weighted by molar-refractivity contribution is -0.384. The minimum absolute atomic E-state index is 0.114. The second kappa shape index (κ2) is 11.4. The van der Waals surface area contributed by atoms with E-state index in [9.17, 15) is 18.5 Å². The first-order valence-electron chi connectivity index (χ1n) is 9.65. The average Bonchev–Trinajstić information content (AvgIpc) is 2.70. The molecular weight excluding hydrogens is 438 g/mol. The van der Waals surface area contributed by atoms with Crippen LogP contribution in [0.4, 0.5) is 11.4 Å². The summed E-state index contributed by atoms with van der Waals surface area (Å²) in [7, 11) is 1.98. The standard InChI is InChI=1S/C20H29N5O4S2/c1-23(2)11-12-24(3)14-16(15-30-17-7-5-4-6-8-17)22-19-10-9-18(31(21,28)29)13-20(19)25(26)27/h4-10,13,16,22H,11-12,14-15H2,1-3H3,(H2,21,28,29)/t16-/m1/s1. The number of hydrogen-bond acceptors (Lipinski definition) is 8. The molecule has 11 heteroatoms. The number of sulfonamides is 1. The van der Waals surface area contributed by atoms with E-state index in [1.54, 1.807) is 11.8 Å². The van der Waals surface area contributed by atoms with E-state index in [1.165, 1.54) is 12.1 Å². The van der Waals surface area contributed by atoms with Gasteiger partial charge < -0.3 is 15.1 Å². The van der Waals surface area contributed by atoms with Gasteiger partial charge >= 0.3 is 0 Å². The third-order valence-electron chi connectivity index (χ3n) is 4.51. The number of nitrogens with two attached hydrogens (primary N) is 1. The summed E-state index contributed by atoms with van der Waals surface area (Å²) in [5, 5.41) is 19.9. The number of hydrogen-bond donors (Lipinski definition) is 2. The fourth-order valence-corrected chi connectivity index (χ4v) is 4.34. The van der Waals surface area contributed by atoms with Gasteiger partial charge in [-0.1, -0.05) is 18.2 Å². The van der Waals surface area contributed by atoms with Gasteiger partial charge in [0.05, 0.1) is 9.82 Å². The van der Waals surface area contributed by atoms with Crippen LogP contribution in [0.15, 0.2) is 58.3 Å². The summed E-state index contributed by atoms with van der Waals surface area (Å²) in [4.78, 5) is 16.0. The number of nitro benzene ring substituents is 1. The van der Waals surface area contributed by atoms with Gasteiger partial charge in [0.25, 0.3) is 5.69 Å². The summed E-state index contributed by atoms with van der Waals surface area (Å²) < 4.78 is 23.2. The summed E-state index contributed by atoms with van der Waals surface area (Å²) in [5.74, 6) is 0.671. The number of thioether (sulfide) groups is 1. The lowest BCUT2D eigenvalue weighted by atomic mass is 10.2. The maximum Gasteiger partial charge on any atom is 0.293 e. The molecule has 0 spiro atoms. The van der Waals surface area contributed by atoms with Crippen molar-refractivity contribution in [2.75, 3.05) is 51.8 Å². The lowest BCUT2D eigenvalue weighted by Crippen LogP contribution is -2.39. The smallest absolute Gasteiger partial charge is 0.293 e. The molecule has 0 aliphatic heterocycles. The van der Waals surface area contributed by atoms with Gasteiger partial charge in [-0.3, -0.25) is 10.1 Å². The van der Waals surface area contributed by atoms with E-state index in [2.05, 4.69) is 15.1 Å². The number of nitrogens with zero attached hydrogens (tertiary/aromatic N) is 3. The summed E-state index contributed by atoms with van der Waals surface area (Å²) in [6.45, 7) is 2.38. The van der Waals surface area contributed by atoms with E-state index >= 15 is 0 Å². The highest BCUT2D eigenvalue weighted by molar-refractivity contribution is 7.99. The molecule has 0 bridgehead atoms. The Hall–Kier alpha value is -2.18. The van der Waals surface area contributed by atoms with Gasteiger partial charge in [0, 0.05) is 42.4 Å². The topological polar surface area (TPSA) is 122 Å². The Labute approximate surface area is 187 Å². The van der Waals surface area contributed by atoms with Crippen molar-refractivity contribution in [1.82, 2.24) is 9.80 Å². The minimum atomic E-state index is -4.03. The predicted molar refractivity (Wildman–Crippen MR) is 125 cm³/mol. The molecular formula is C20H29N5O4S2. The van der Waals surface area contributed by atoms with Crippen LogP contribution in [0.25, 0.3) is 0 Å². The number of rotatable bonds is 12. The van der Waals surface area contributed by atoms with Crippen LogP contribution in [0.2, 0.25) is 0 Å². The molecule has 2 aromatic rings. The summed E-state index contributed by atoms with van der Waals surface area (Å²) >= 11 is 1.65. The van der Waals surface area contributed by atoms with E-state index in [0.717, 1.165) is 24.1 Å². The van der Waals surface area contributed by atoms with Crippen molar-refractivity contribution in [3.63, 3.8) is 0 Å². The molecule has 0 unspecified atom stereocenters. The van der Waals surface area contributed by atoms with E-state index in [1.807, 2.05) is 51.5 Å². The van der Waals surface area contributed by atoms with E-state index in [4.69, 9.17) is 5.14 Å². The van der Waals surface area contributed by atoms with E-state index in [-0.39, 0.29) is 22.3 Å². The van der Waals surface area contributed by atoms with Gasteiger partial charge in [0.15, 0.2) is 0 Å². The summed E-state index contributed by atoms with van der Waals surface area (Å²) in [6, 6.07) is 13.5. The van der Waals surface area contributed by atoms with Crippen LogP contribution in [0, 0.1) is 10.1 Å². The molecule has 0 aromatic heterocycles. The quantitative estimate of drug-likeness (QED) is 0.277. The van der Waals surface area contributed by atoms with Crippen LogP contribution in [-0.4, -0.2) is 75.7 Å². The molecule has 0 saturated carbocycles. The molecule has 2 aromatic carbocycles. The maximum absolute atomic E-state index is 11.6.